The van der Waals surface area contributed by atoms with Gasteiger partial charge in [-0.15, -0.1) is 0 Å². The van der Waals surface area contributed by atoms with E-state index in [4.69, 9.17) is 14.5 Å². The van der Waals surface area contributed by atoms with Gasteiger partial charge in [0.25, 0.3) is 5.56 Å². The second-order valence-electron chi connectivity index (χ2n) is 6.82. The van der Waals surface area contributed by atoms with Crippen LogP contribution in [0.1, 0.15) is 11.1 Å². The summed E-state index contributed by atoms with van der Waals surface area (Å²) in [6, 6.07) is 8.64. The van der Waals surface area contributed by atoms with Gasteiger partial charge in [0.05, 0.1) is 11.3 Å². The normalized spacial score (nSPS) is 12.0. The molecule has 0 aliphatic heterocycles. The molecule has 3 aromatic rings. The Morgan fingerprint density at radius 3 is 2.36 bits per heavy atom. The third kappa shape index (κ3) is 6.65. The number of hydrogen-bond acceptors (Lipinski definition) is 5. The maximum atomic E-state index is 13.4. The van der Waals surface area contributed by atoms with Gasteiger partial charge in [0.1, 0.15) is 18.3 Å². The van der Waals surface area contributed by atoms with Crippen LogP contribution in [-0.2, 0) is 22.0 Å². The van der Waals surface area contributed by atoms with E-state index >= 15 is 0 Å². The van der Waals surface area contributed by atoms with Crippen molar-refractivity contribution >= 4 is 19.2 Å². The fraction of sp³-hybridized carbons (Fsp3) is 0.150. The number of pyridine rings is 1. The molecule has 1 aromatic heterocycles. The van der Waals surface area contributed by atoms with Crippen molar-refractivity contribution in [3.8, 4) is 11.5 Å². The molecule has 0 radical (unpaired) electrons. The van der Waals surface area contributed by atoms with Crippen molar-refractivity contribution in [3.05, 3.63) is 82.0 Å². The molecule has 0 atom stereocenters. The molecule has 0 unspecified atom stereocenters. The third-order valence-corrected chi connectivity index (χ3v) is 4.76. The van der Waals surface area contributed by atoms with Crippen LogP contribution in [-0.4, -0.2) is 14.4 Å². The van der Waals surface area contributed by atoms with Crippen LogP contribution in [0.25, 0.3) is 0 Å². The van der Waals surface area contributed by atoms with Crippen LogP contribution < -0.4 is 15.6 Å². The van der Waals surface area contributed by atoms with E-state index < -0.39 is 37.7 Å². The SMILES string of the molecule is Cc1cc(F)ccc1Oc1ccc(C(F)(F)F)cc1Nc1ccn(COP(=O)(O)O)c(=O)c1. The summed E-state index contributed by atoms with van der Waals surface area (Å²) in [5.74, 6) is -0.315. The van der Waals surface area contributed by atoms with Gasteiger partial charge in [0, 0.05) is 18.0 Å². The van der Waals surface area contributed by atoms with Crippen LogP contribution in [0.5, 0.6) is 11.5 Å². The molecule has 0 amide bonds. The Kier molecular flexibility index (Phi) is 6.94. The van der Waals surface area contributed by atoms with E-state index in [1.807, 2.05) is 0 Å². The number of aromatic nitrogens is 1. The van der Waals surface area contributed by atoms with Crippen LogP contribution in [0.4, 0.5) is 28.9 Å². The number of phosphoric acid groups is 1. The van der Waals surface area contributed by atoms with Gasteiger partial charge in [-0.2, -0.15) is 13.2 Å². The number of nitrogens with one attached hydrogen (secondary N) is 1. The number of phosphoric ester groups is 1. The Morgan fingerprint density at radius 2 is 1.76 bits per heavy atom. The fourth-order valence-corrected chi connectivity index (χ4v) is 3.00. The highest BCUT2D eigenvalue weighted by Gasteiger charge is 2.31. The maximum absolute atomic E-state index is 13.4. The zero-order valence-electron chi connectivity index (χ0n) is 16.8. The predicted molar refractivity (Wildman–Crippen MR) is 110 cm³/mol. The minimum absolute atomic E-state index is 0.0216. The summed E-state index contributed by atoms with van der Waals surface area (Å²) in [6.45, 7) is 0.833. The summed E-state index contributed by atoms with van der Waals surface area (Å²) in [6.07, 6.45) is -3.51. The Hall–Kier alpha value is -3.18. The standard InChI is InChI=1S/C20H17F4N2O6P/c1-12-8-14(21)3-5-17(12)32-18-4-2-13(20(22,23)24)9-16(18)25-15-6-7-26(19(27)10-15)11-31-33(28,29)30/h2-10,25H,11H2,1H3,(H2,28,29,30). The van der Waals surface area contributed by atoms with Crippen LogP contribution in [0.15, 0.2) is 59.5 Å². The number of benzene rings is 2. The van der Waals surface area contributed by atoms with Gasteiger partial charge < -0.3 is 19.8 Å². The first kappa shape index (κ1) is 24.5. The van der Waals surface area contributed by atoms with Crippen LogP contribution in [0.2, 0.25) is 0 Å². The fourth-order valence-electron chi connectivity index (χ4n) is 2.72. The Bertz CT molecular complexity index is 1270. The zero-order valence-corrected chi connectivity index (χ0v) is 17.7. The van der Waals surface area contributed by atoms with Crippen molar-refractivity contribution in [2.24, 2.45) is 0 Å². The molecule has 3 N–H and O–H groups in total. The molecule has 0 aliphatic carbocycles. The van der Waals surface area contributed by atoms with E-state index in [2.05, 4.69) is 9.84 Å². The third-order valence-electron chi connectivity index (χ3n) is 4.30. The Balaban J connectivity index is 1.94. The highest BCUT2D eigenvalue weighted by Crippen LogP contribution is 2.39. The number of ether oxygens (including phenoxy) is 1. The molecular weight excluding hydrogens is 471 g/mol. The molecule has 1 heterocycles. The van der Waals surface area contributed by atoms with Crippen molar-refractivity contribution < 1.29 is 41.2 Å². The number of rotatable bonds is 7. The highest BCUT2D eigenvalue weighted by molar-refractivity contribution is 7.46. The summed E-state index contributed by atoms with van der Waals surface area (Å²) < 4.78 is 74.6. The maximum Gasteiger partial charge on any atom is 0.471 e. The van der Waals surface area contributed by atoms with Gasteiger partial charge in [0.2, 0.25) is 0 Å². The molecule has 0 aliphatic rings. The van der Waals surface area contributed by atoms with E-state index in [0.717, 1.165) is 41.1 Å². The van der Waals surface area contributed by atoms with Gasteiger partial charge >= 0.3 is 14.0 Å². The average molecular weight is 488 g/mol. The van der Waals surface area contributed by atoms with Gasteiger partial charge in [-0.25, -0.2) is 8.96 Å². The lowest BCUT2D eigenvalue weighted by molar-refractivity contribution is -0.137. The lowest BCUT2D eigenvalue weighted by Gasteiger charge is -2.17. The van der Waals surface area contributed by atoms with Crippen LogP contribution in [0.3, 0.4) is 0 Å². The first-order valence-corrected chi connectivity index (χ1v) is 10.7. The van der Waals surface area contributed by atoms with E-state index in [1.165, 1.54) is 18.2 Å². The van der Waals surface area contributed by atoms with E-state index in [-0.39, 0.29) is 22.9 Å². The van der Waals surface area contributed by atoms with Crippen molar-refractivity contribution in [2.45, 2.75) is 19.8 Å². The van der Waals surface area contributed by atoms with Gasteiger partial charge in [-0.1, -0.05) is 0 Å². The Morgan fingerprint density at radius 1 is 1.06 bits per heavy atom. The van der Waals surface area contributed by atoms with Crippen molar-refractivity contribution in [1.82, 2.24) is 4.57 Å². The quantitative estimate of drug-likeness (QED) is 0.320. The topological polar surface area (TPSA) is 110 Å². The average Bonchev–Trinajstić information content (AvgIpc) is 2.69. The van der Waals surface area contributed by atoms with Gasteiger partial charge in [0.15, 0.2) is 5.75 Å². The van der Waals surface area contributed by atoms with Crippen molar-refractivity contribution in [3.63, 3.8) is 0 Å². The first-order chi connectivity index (χ1) is 15.3. The van der Waals surface area contributed by atoms with Gasteiger partial charge in [-0.3, -0.25) is 13.9 Å². The lowest BCUT2D eigenvalue weighted by atomic mass is 10.1. The van der Waals surface area contributed by atoms with E-state index in [1.54, 1.807) is 6.92 Å². The summed E-state index contributed by atoms with van der Waals surface area (Å²) in [5.41, 5.74) is -1.35. The van der Waals surface area contributed by atoms with E-state index in [9.17, 15) is 26.9 Å². The van der Waals surface area contributed by atoms with Crippen LogP contribution >= 0.6 is 7.82 Å². The van der Waals surface area contributed by atoms with Crippen LogP contribution in [0, 0.1) is 12.7 Å². The number of aryl methyl sites for hydroxylation is 1. The summed E-state index contributed by atoms with van der Waals surface area (Å²) in [5, 5.41) is 2.67. The smallest absolute Gasteiger partial charge is 0.455 e. The molecule has 0 bridgehead atoms. The number of alkyl halides is 3. The number of nitrogens with zero attached hydrogens (tertiary/aromatic N) is 1. The molecule has 176 valence electrons. The first-order valence-electron chi connectivity index (χ1n) is 9.15. The number of hydrogen-bond donors (Lipinski definition) is 3. The monoisotopic (exact) mass is 488 g/mol. The van der Waals surface area contributed by atoms with Crippen molar-refractivity contribution in [2.75, 3.05) is 5.32 Å². The zero-order chi connectivity index (χ0) is 24.4. The largest absolute Gasteiger partial charge is 0.471 e. The molecular formula is C20H17F4N2O6P. The second-order valence-corrected chi connectivity index (χ2v) is 8.06. The summed E-state index contributed by atoms with van der Waals surface area (Å²) in [4.78, 5) is 29.6. The number of halogens is 4. The molecule has 2 aromatic carbocycles. The molecule has 0 fully saturated rings. The predicted octanol–water partition coefficient (Wildman–Crippen LogP) is 4.92. The molecule has 0 saturated carbocycles. The molecule has 0 spiro atoms. The minimum atomic E-state index is -4.81. The Labute approximate surface area is 184 Å². The number of anilines is 2. The summed E-state index contributed by atoms with van der Waals surface area (Å²) >= 11 is 0. The molecule has 13 heteroatoms. The minimum Gasteiger partial charge on any atom is -0.455 e. The molecule has 8 nitrogen and oxygen atoms in total. The molecule has 3 rings (SSSR count). The van der Waals surface area contributed by atoms with Gasteiger partial charge in [-0.05, 0) is 55.0 Å². The summed E-state index contributed by atoms with van der Waals surface area (Å²) in [7, 11) is -4.81. The molecule has 33 heavy (non-hydrogen) atoms. The second kappa shape index (κ2) is 9.36. The van der Waals surface area contributed by atoms with E-state index in [0.29, 0.717) is 5.56 Å². The lowest BCUT2D eigenvalue weighted by Crippen LogP contribution is -2.19. The molecule has 0 saturated heterocycles. The highest BCUT2D eigenvalue weighted by atomic mass is 31.2. The van der Waals surface area contributed by atoms with Crippen molar-refractivity contribution in [1.29, 1.82) is 0 Å².